The third-order valence-corrected chi connectivity index (χ3v) is 9.47. The van der Waals surface area contributed by atoms with E-state index >= 15 is 0 Å². The number of allylic oxidation sites excluding steroid dienone is 2. The molecule has 2 amide bonds. The number of likely N-dealkylation sites (tertiary alicyclic amines) is 1. The lowest BCUT2D eigenvalue weighted by Gasteiger charge is -2.31. The van der Waals surface area contributed by atoms with E-state index in [1.54, 1.807) is 4.90 Å². The van der Waals surface area contributed by atoms with Crippen molar-refractivity contribution in [3.63, 3.8) is 0 Å². The standard InChI is InChI=1S/C32H43NO4/c1-5-21(16-22-14-19(3)30(34)20(4)15-22)12-13-27-28-23(6-2)17-25-29(26(28)18-37-27)32(36)33(31(25)35)24-10-8-7-9-11-24/h14-16,24-27,29,34H,5-13,17-18H2,1-4H3/b21-16+/t25-,26+,27-,29-/m1/s1. The molecule has 37 heavy (non-hydrogen) atoms. The first kappa shape index (κ1) is 26.2. The van der Waals surface area contributed by atoms with E-state index in [2.05, 4.69) is 19.9 Å². The van der Waals surface area contributed by atoms with Crippen LogP contribution in [0.2, 0.25) is 0 Å². The Labute approximate surface area is 222 Å². The van der Waals surface area contributed by atoms with Gasteiger partial charge in [-0.05, 0) is 93.2 Å². The predicted octanol–water partition coefficient (Wildman–Crippen LogP) is 6.64. The molecule has 1 aromatic carbocycles. The van der Waals surface area contributed by atoms with Gasteiger partial charge in [-0.15, -0.1) is 0 Å². The smallest absolute Gasteiger partial charge is 0.234 e. The van der Waals surface area contributed by atoms with Crippen LogP contribution in [0.15, 0.2) is 28.9 Å². The van der Waals surface area contributed by atoms with Crippen molar-refractivity contribution in [2.45, 2.75) is 104 Å². The molecule has 2 saturated heterocycles. The summed E-state index contributed by atoms with van der Waals surface area (Å²) in [7, 11) is 0. The summed E-state index contributed by atoms with van der Waals surface area (Å²) in [6.45, 7) is 8.81. The van der Waals surface area contributed by atoms with E-state index in [4.69, 9.17) is 4.74 Å². The van der Waals surface area contributed by atoms with E-state index in [-0.39, 0.29) is 41.7 Å². The van der Waals surface area contributed by atoms with Crippen LogP contribution in [0.5, 0.6) is 5.75 Å². The number of hydrogen-bond acceptors (Lipinski definition) is 4. The normalized spacial score (nSPS) is 28.8. The number of amides is 2. The van der Waals surface area contributed by atoms with Crippen LogP contribution in [0.25, 0.3) is 6.08 Å². The van der Waals surface area contributed by atoms with Crippen LogP contribution in [-0.2, 0) is 14.3 Å². The van der Waals surface area contributed by atoms with Gasteiger partial charge >= 0.3 is 0 Å². The molecule has 200 valence electrons. The van der Waals surface area contributed by atoms with Gasteiger partial charge in [-0.2, -0.15) is 0 Å². The minimum atomic E-state index is -0.228. The van der Waals surface area contributed by atoms with Crippen LogP contribution in [0, 0.1) is 31.6 Å². The molecule has 4 atom stereocenters. The third-order valence-electron chi connectivity index (χ3n) is 9.47. The maximum Gasteiger partial charge on any atom is 0.234 e. The quantitative estimate of drug-likeness (QED) is 0.333. The Morgan fingerprint density at radius 1 is 1.05 bits per heavy atom. The Bertz CT molecular complexity index is 1100. The topological polar surface area (TPSA) is 66.8 Å². The summed E-state index contributed by atoms with van der Waals surface area (Å²) in [6, 6.07) is 4.19. The van der Waals surface area contributed by atoms with Crippen molar-refractivity contribution in [3.8, 4) is 5.75 Å². The molecule has 0 aromatic heterocycles. The summed E-state index contributed by atoms with van der Waals surface area (Å²) >= 11 is 0. The fourth-order valence-electron chi connectivity index (χ4n) is 7.51. The van der Waals surface area contributed by atoms with E-state index < -0.39 is 0 Å². The zero-order valence-electron chi connectivity index (χ0n) is 23.0. The van der Waals surface area contributed by atoms with Crippen LogP contribution in [0.4, 0.5) is 0 Å². The molecular weight excluding hydrogens is 462 g/mol. The molecule has 0 bridgehead atoms. The summed E-state index contributed by atoms with van der Waals surface area (Å²) in [6.07, 6.45) is 12.1. The van der Waals surface area contributed by atoms with E-state index in [0.29, 0.717) is 12.4 Å². The highest BCUT2D eigenvalue weighted by atomic mass is 16.5. The van der Waals surface area contributed by atoms with Gasteiger partial charge < -0.3 is 9.84 Å². The third kappa shape index (κ3) is 4.80. The molecule has 1 aromatic rings. The van der Waals surface area contributed by atoms with Gasteiger partial charge in [-0.1, -0.05) is 50.3 Å². The van der Waals surface area contributed by atoms with Gasteiger partial charge in [-0.3, -0.25) is 14.5 Å². The van der Waals surface area contributed by atoms with Gasteiger partial charge in [0.1, 0.15) is 5.75 Å². The van der Waals surface area contributed by atoms with Crippen molar-refractivity contribution in [2.75, 3.05) is 6.61 Å². The Balaban J connectivity index is 1.33. The first-order valence-corrected chi connectivity index (χ1v) is 14.5. The van der Waals surface area contributed by atoms with E-state index in [9.17, 15) is 14.7 Å². The number of fused-ring (bicyclic) bond motifs is 3. The number of aryl methyl sites for hydroxylation is 2. The van der Waals surface area contributed by atoms with Crippen LogP contribution < -0.4 is 0 Å². The Hall–Kier alpha value is -2.40. The number of imide groups is 1. The number of carbonyl (C=O) groups is 2. The summed E-state index contributed by atoms with van der Waals surface area (Å²) < 4.78 is 6.40. The average Bonchev–Trinajstić information content (AvgIpc) is 3.43. The van der Waals surface area contributed by atoms with Gasteiger partial charge in [0.05, 0.1) is 24.5 Å². The number of benzene rings is 1. The second kappa shape index (κ2) is 10.8. The second-order valence-electron chi connectivity index (χ2n) is 11.7. The molecule has 5 nitrogen and oxygen atoms in total. The number of rotatable bonds is 7. The van der Waals surface area contributed by atoms with Crippen molar-refractivity contribution >= 4 is 17.9 Å². The molecule has 1 saturated carbocycles. The fourth-order valence-corrected chi connectivity index (χ4v) is 7.51. The predicted molar refractivity (Wildman–Crippen MR) is 146 cm³/mol. The summed E-state index contributed by atoms with van der Waals surface area (Å²) in [5, 5.41) is 10.1. The van der Waals surface area contributed by atoms with Gasteiger partial charge in [0.15, 0.2) is 0 Å². The molecular formula is C32H43NO4. The molecule has 4 aliphatic rings. The van der Waals surface area contributed by atoms with Crippen LogP contribution in [-0.4, -0.2) is 40.6 Å². The minimum absolute atomic E-state index is 0.0331. The lowest BCUT2D eigenvalue weighted by Crippen LogP contribution is -2.42. The van der Waals surface area contributed by atoms with Crippen molar-refractivity contribution < 1.29 is 19.4 Å². The number of phenolic OH excluding ortho intramolecular Hbond substituents is 1. The maximum atomic E-state index is 13.7. The highest BCUT2D eigenvalue weighted by molar-refractivity contribution is 6.06. The summed E-state index contributed by atoms with van der Waals surface area (Å²) in [5.41, 5.74) is 6.97. The monoisotopic (exact) mass is 505 g/mol. The molecule has 5 rings (SSSR count). The Kier molecular flexibility index (Phi) is 7.63. The second-order valence-corrected chi connectivity index (χ2v) is 11.7. The van der Waals surface area contributed by atoms with Crippen LogP contribution >= 0.6 is 0 Å². The zero-order chi connectivity index (χ0) is 26.3. The fraction of sp³-hybridized carbons (Fsp3) is 0.625. The van der Waals surface area contributed by atoms with Gasteiger partial charge in [-0.25, -0.2) is 0 Å². The Morgan fingerprint density at radius 2 is 1.76 bits per heavy atom. The molecule has 2 heterocycles. The molecule has 0 unspecified atom stereocenters. The number of nitrogens with zero attached hydrogens (tertiary/aromatic N) is 1. The van der Waals surface area contributed by atoms with Crippen molar-refractivity contribution in [2.24, 2.45) is 17.8 Å². The lowest BCUT2D eigenvalue weighted by molar-refractivity contribution is -0.143. The van der Waals surface area contributed by atoms with Gasteiger partial charge in [0, 0.05) is 12.0 Å². The molecule has 1 N–H and O–H groups in total. The highest BCUT2D eigenvalue weighted by Gasteiger charge is 2.57. The number of aromatic hydroxyl groups is 1. The first-order valence-electron chi connectivity index (χ1n) is 14.5. The molecule has 5 heteroatoms. The molecule has 3 fully saturated rings. The van der Waals surface area contributed by atoms with E-state index in [1.807, 2.05) is 26.0 Å². The van der Waals surface area contributed by atoms with E-state index in [0.717, 1.165) is 74.5 Å². The first-order chi connectivity index (χ1) is 17.8. The summed E-state index contributed by atoms with van der Waals surface area (Å²) in [5.74, 6) is 0.181. The molecule has 2 aliphatic heterocycles. The van der Waals surface area contributed by atoms with Gasteiger partial charge in [0.25, 0.3) is 0 Å². The number of phenols is 1. The number of ether oxygens (including phenoxy) is 1. The molecule has 0 radical (unpaired) electrons. The maximum absolute atomic E-state index is 13.7. The SMILES string of the molecule is CCC1=C2[C@@H](CC/C(=C/c3cc(C)c(O)c(C)c3)CC)OC[C@@H]2[C@@H]2C(=O)N(C3CCCCC3)C(=O)[C@@H]2C1. The van der Waals surface area contributed by atoms with Crippen molar-refractivity contribution in [1.82, 2.24) is 4.90 Å². The van der Waals surface area contributed by atoms with Crippen LogP contribution in [0.1, 0.15) is 94.7 Å². The zero-order valence-corrected chi connectivity index (χ0v) is 23.0. The largest absolute Gasteiger partial charge is 0.507 e. The minimum Gasteiger partial charge on any atom is -0.507 e. The highest BCUT2D eigenvalue weighted by Crippen LogP contribution is 2.51. The molecule has 0 spiro atoms. The lowest BCUT2D eigenvalue weighted by atomic mass is 9.69. The van der Waals surface area contributed by atoms with Crippen molar-refractivity contribution in [3.05, 3.63) is 45.5 Å². The van der Waals surface area contributed by atoms with Gasteiger partial charge in [0.2, 0.25) is 11.8 Å². The van der Waals surface area contributed by atoms with E-state index in [1.165, 1.54) is 23.1 Å². The Morgan fingerprint density at radius 3 is 2.41 bits per heavy atom. The summed E-state index contributed by atoms with van der Waals surface area (Å²) in [4.78, 5) is 28.9. The molecule has 2 aliphatic carbocycles. The van der Waals surface area contributed by atoms with Crippen LogP contribution in [0.3, 0.4) is 0 Å². The number of hydrogen-bond donors (Lipinski definition) is 1. The number of carbonyl (C=O) groups excluding carboxylic acids is 2. The average molecular weight is 506 g/mol. The van der Waals surface area contributed by atoms with Crippen molar-refractivity contribution in [1.29, 1.82) is 0 Å².